The molecule has 0 aliphatic rings. The van der Waals surface area contributed by atoms with E-state index in [9.17, 15) is 15.2 Å². The topological polar surface area (TPSA) is 91.6 Å². The number of rotatable bonds is 7. The summed E-state index contributed by atoms with van der Waals surface area (Å²) in [5.74, 6) is 0.604. The van der Waals surface area contributed by atoms with Crippen molar-refractivity contribution in [3.8, 4) is 23.3 Å². The molecule has 0 aromatic heterocycles. The highest BCUT2D eigenvalue weighted by atomic mass is 79.9. The molecule has 2 aromatic carbocycles. The summed E-state index contributed by atoms with van der Waals surface area (Å²) in [4.78, 5) is 12.4. The molecule has 1 unspecified atom stereocenters. The molecule has 0 spiro atoms. The van der Waals surface area contributed by atoms with Gasteiger partial charge in [-0.05, 0) is 77.3 Å². The highest BCUT2D eigenvalue weighted by molar-refractivity contribution is 9.10. The van der Waals surface area contributed by atoms with Crippen molar-refractivity contribution >= 4 is 33.6 Å². The zero-order valence-electron chi connectivity index (χ0n) is 15.8. The number of ether oxygens (including phenoxy) is 2. The van der Waals surface area contributed by atoms with Crippen LogP contribution in [-0.2, 0) is 4.79 Å². The number of anilines is 1. The molecule has 2 N–H and O–H groups in total. The summed E-state index contributed by atoms with van der Waals surface area (Å²) in [7, 11) is 1.53. The van der Waals surface area contributed by atoms with Crippen molar-refractivity contribution in [1.29, 1.82) is 5.26 Å². The minimum absolute atomic E-state index is 0.0114. The third-order valence-electron chi connectivity index (χ3n) is 3.95. The second kappa shape index (κ2) is 9.81. The molecular formula is C21H21BrN2O4. The number of carbonyl (C=O) groups excluding carboxylic acids is 1. The molecule has 0 heterocycles. The zero-order chi connectivity index (χ0) is 20.7. The Morgan fingerprint density at radius 2 is 2.04 bits per heavy atom. The molecule has 0 fully saturated rings. The van der Waals surface area contributed by atoms with Crippen LogP contribution in [0.3, 0.4) is 0 Å². The molecule has 28 heavy (non-hydrogen) atoms. The molecule has 2 rings (SSSR count). The summed E-state index contributed by atoms with van der Waals surface area (Å²) in [6, 6.07) is 11.3. The first-order chi connectivity index (χ1) is 13.4. The monoisotopic (exact) mass is 444 g/mol. The molecule has 1 atom stereocenters. The molecule has 0 saturated heterocycles. The Morgan fingerprint density at radius 3 is 2.61 bits per heavy atom. The number of carbonyl (C=O) groups is 1. The van der Waals surface area contributed by atoms with E-state index in [-0.39, 0.29) is 17.4 Å². The predicted molar refractivity (Wildman–Crippen MR) is 111 cm³/mol. The first kappa shape index (κ1) is 21.3. The van der Waals surface area contributed by atoms with Gasteiger partial charge in [-0.1, -0.05) is 6.92 Å². The van der Waals surface area contributed by atoms with Crippen molar-refractivity contribution in [1.82, 2.24) is 0 Å². The predicted octanol–water partition coefficient (Wildman–Crippen LogP) is 4.89. The number of phenols is 1. The van der Waals surface area contributed by atoms with Gasteiger partial charge in [-0.15, -0.1) is 0 Å². The SMILES string of the molecule is CCC(C)Oc1c(Br)cc(C=C(C#N)C(=O)Nc2ccc(O)cc2)cc1OC. The summed E-state index contributed by atoms with van der Waals surface area (Å²) in [5, 5.41) is 21.3. The maximum Gasteiger partial charge on any atom is 0.266 e. The summed E-state index contributed by atoms with van der Waals surface area (Å²) in [6.45, 7) is 3.98. The van der Waals surface area contributed by atoms with Crippen LogP contribution in [0, 0.1) is 11.3 Å². The van der Waals surface area contributed by atoms with E-state index in [2.05, 4.69) is 21.2 Å². The molecule has 0 saturated carbocycles. The average Bonchev–Trinajstić information content (AvgIpc) is 2.69. The van der Waals surface area contributed by atoms with Crippen LogP contribution >= 0.6 is 15.9 Å². The fourth-order valence-electron chi connectivity index (χ4n) is 2.28. The average molecular weight is 445 g/mol. The second-order valence-corrected chi connectivity index (χ2v) is 6.90. The molecule has 0 radical (unpaired) electrons. The number of methoxy groups -OCH3 is 1. The number of nitriles is 1. The highest BCUT2D eigenvalue weighted by Crippen LogP contribution is 2.38. The number of aromatic hydroxyl groups is 1. The number of hydrogen-bond acceptors (Lipinski definition) is 5. The van der Waals surface area contributed by atoms with Gasteiger partial charge in [0.25, 0.3) is 5.91 Å². The maximum atomic E-state index is 12.4. The number of halogens is 1. The smallest absolute Gasteiger partial charge is 0.266 e. The van der Waals surface area contributed by atoms with E-state index in [0.717, 1.165) is 6.42 Å². The van der Waals surface area contributed by atoms with Gasteiger partial charge in [0.15, 0.2) is 11.5 Å². The number of hydrogen-bond donors (Lipinski definition) is 2. The molecule has 0 aliphatic carbocycles. The van der Waals surface area contributed by atoms with Crippen LogP contribution in [0.25, 0.3) is 6.08 Å². The van der Waals surface area contributed by atoms with Crippen LogP contribution in [0.2, 0.25) is 0 Å². The van der Waals surface area contributed by atoms with Crippen LogP contribution in [0.1, 0.15) is 25.8 Å². The standard InChI is InChI=1S/C21H21BrN2O4/c1-4-13(2)28-20-18(22)10-14(11-19(20)27-3)9-15(12-23)21(26)24-16-5-7-17(25)8-6-16/h5-11,13,25H,4H2,1-3H3,(H,24,26). The summed E-state index contributed by atoms with van der Waals surface area (Å²) in [6.07, 6.45) is 2.32. The fourth-order valence-corrected chi connectivity index (χ4v) is 2.83. The lowest BCUT2D eigenvalue weighted by Gasteiger charge is -2.17. The lowest BCUT2D eigenvalue weighted by molar-refractivity contribution is -0.112. The van der Waals surface area contributed by atoms with Gasteiger partial charge in [-0.2, -0.15) is 5.26 Å². The van der Waals surface area contributed by atoms with E-state index in [0.29, 0.717) is 27.2 Å². The van der Waals surface area contributed by atoms with Gasteiger partial charge in [-0.3, -0.25) is 4.79 Å². The van der Waals surface area contributed by atoms with Crippen LogP contribution in [0.4, 0.5) is 5.69 Å². The zero-order valence-corrected chi connectivity index (χ0v) is 17.4. The van der Waals surface area contributed by atoms with E-state index >= 15 is 0 Å². The minimum Gasteiger partial charge on any atom is -0.508 e. The van der Waals surface area contributed by atoms with E-state index in [1.54, 1.807) is 24.3 Å². The molecule has 2 aromatic rings. The maximum absolute atomic E-state index is 12.4. The molecule has 0 bridgehead atoms. The summed E-state index contributed by atoms with van der Waals surface area (Å²) >= 11 is 3.46. The number of amides is 1. The van der Waals surface area contributed by atoms with Crippen LogP contribution in [0.5, 0.6) is 17.2 Å². The summed E-state index contributed by atoms with van der Waals surface area (Å²) < 4.78 is 11.9. The van der Waals surface area contributed by atoms with Crippen molar-refractivity contribution in [2.24, 2.45) is 0 Å². The Hall–Kier alpha value is -2.98. The molecule has 0 aliphatic heterocycles. The molecule has 7 heteroatoms. The third kappa shape index (κ3) is 5.51. The van der Waals surface area contributed by atoms with Gasteiger partial charge >= 0.3 is 0 Å². The largest absolute Gasteiger partial charge is 0.508 e. The summed E-state index contributed by atoms with van der Waals surface area (Å²) in [5.41, 5.74) is 1.01. The Labute approximate surface area is 172 Å². The first-order valence-corrected chi connectivity index (χ1v) is 9.43. The van der Waals surface area contributed by atoms with E-state index < -0.39 is 5.91 Å². The van der Waals surface area contributed by atoms with Gasteiger partial charge in [0.2, 0.25) is 0 Å². The van der Waals surface area contributed by atoms with Crippen molar-refractivity contribution in [2.75, 3.05) is 12.4 Å². The lowest BCUT2D eigenvalue weighted by Crippen LogP contribution is -2.13. The van der Waals surface area contributed by atoms with E-state index in [4.69, 9.17) is 9.47 Å². The normalized spacial score (nSPS) is 12.0. The number of nitrogens with one attached hydrogen (secondary N) is 1. The Kier molecular flexibility index (Phi) is 7.47. The van der Waals surface area contributed by atoms with Gasteiger partial charge < -0.3 is 19.9 Å². The Bertz CT molecular complexity index is 917. The first-order valence-electron chi connectivity index (χ1n) is 8.64. The molecule has 146 valence electrons. The highest BCUT2D eigenvalue weighted by Gasteiger charge is 2.15. The third-order valence-corrected chi connectivity index (χ3v) is 4.54. The van der Waals surface area contributed by atoms with Crippen LogP contribution < -0.4 is 14.8 Å². The van der Waals surface area contributed by atoms with Gasteiger partial charge in [0, 0.05) is 5.69 Å². The number of nitrogens with zero attached hydrogens (tertiary/aromatic N) is 1. The molecular weight excluding hydrogens is 424 g/mol. The van der Waals surface area contributed by atoms with Crippen molar-refractivity contribution in [2.45, 2.75) is 26.4 Å². The van der Waals surface area contributed by atoms with E-state index in [1.165, 1.54) is 25.3 Å². The van der Waals surface area contributed by atoms with Crippen LogP contribution in [-0.4, -0.2) is 24.2 Å². The lowest BCUT2D eigenvalue weighted by atomic mass is 10.1. The van der Waals surface area contributed by atoms with E-state index in [1.807, 2.05) is 19.9 Å². The van der Waals surface area contributed by atoms with Crippen molar-refractivity contribution in [3.63, 3.8) is 0 Å². The second-order valence-electron chi connectivity index (χ2n) is 6.04. The van der Waals surface area contributed by atoms with Crippen molar-refractivity contribution in [3.05, 3.63) is 52.0 Å². The van der Waals surface area contributed by atoms with Crippen LogP contribution in [0.15, 0.2) is 46.4 Å². The van der Waals surface area contributed by atoms with Gasteiger partial charge in [0.05, 0.1) is 17.7 Å². The molecule has 6 nitrogen and oxygen atoms in total. The number of benzene rings is 2. The fraction of sp³-hybridized carbons (Fsp3) is 0.238. The van der Waals surface area contributed by atoms with Crippen molar-refractivity contribution < 1.29 is 19.4 Å². The molecule has 1 amide bonds. The Morgan fingerprint density at radius 1 is 1.36 bits per heavy atom. The number of phenolic OH excluding ortho intramolecular Hbond substituents is 1. The van der Waals surface area contributed by atoms with Gasteiger partial charge in [0.1, 0.15) is 17.4 Å². The minimum atomic E-state index is -0.553. The van der Waals surface area contributed by atoms with Gasteiger partial charge in [-0.25, -0.2) is 0 Å². The quantitative estimate of drug-likeness (QED) is 0.360. The Balaban J connectivity index is 2.30.